The zero-order valence-corrected chi connectivity index (χ0v) is 13.6. The van der Waals surface area contributed by atoms with E-state index in [2.05, 4.69) is 38.2 Å². The molecule has 0 aromatic heterocycles. The number of amides is 1. The summed E-state index contributed by atoms with van der Waals surface area (Å²) in [6, 6.07) is 15.9. The second kappa shape index (κ2) is 6.65. The molecule has 0 fully saturated rings. The summed E-state index contributed by atoms with van der Waals surface area (Å²) in [6.07, 6.45) is 0. The first-order chi connectivity index (χ1) is 10.3. The molecule has 0 spiro atoms. The van der Waals surface area contributed by atoms with E-state index in [0.717, 1.165) is 17.0 Å². The van der Waals surface area contributed by atoms with E-state index in [9.17, 15) is 4.79 Å². The van der Waals surface area contributed by atoms with Crippen molar-refractivity contribution in [2.24, 2.45) is 0 Å². The lowest BCUT2D eigenvalue weighted by molar-refractivity contribution is -0.114. The maximum atomic E-state index is 11.0. The average molecular weight is 297 g/mol. The van der Waals surface area contributed by atoms with Gasteiger partial charge >= 0.3 is 0 Å². The minimum Gasteiger partial charge on any atom is -0.489 e. The van der Waals surface area contributed by atoms with Gasteiger partial charge in [0, 0.05) is 12.6 Å². The van der Waals surface area contributed by atoms with Crippen molar-refractivity contribution in [1.82, 2.24) is 0 Å². The number of anilines is 1. The minimum atomic E-state index is -0.0667. The molecule has 0 heterocycles. The Morgan fingerprint density at radius 2 is 1.77 bits per heavy atom. The molecule has 0 bridgehead atoms. The monoisotopic (exact) mass is 297 g/mol. The predicted octanol–water partition coefficient (Wildman–Crippen LogP) is 4.52. The molecule has 2 rings (SSSR count). The topological polar surface area (TPSA) is 38.3 Å². The molecule has 3 heteroatoms. The van der Waals surface area contributed by atoms with E-state index in [0.29, 0.717) is 6.61 Å². The Morgan fingerprint density at radius 3 is 2.36 bits per heavy atom. The van der Waals surface area contributed by atoms with Gasteiger partial charge in [0.25, 0.3) is 0 Å². The number of benzene rings is 2. The third kappa shape index (κ3) is 4.62. The molecule has 0 saturated carbocycles. The largest absolute Gasteiger partial charge is 0.489 e. The lowest BCUT2D eigenvalue weighted by Gasteiger charge is -2.19. The van der Waals surface area contributed by atoms with Crippen molar-refractivity contribution in [1.29, 1.82) is 0 Å². The number of carbonyl (C=O) groups excluding carboxylic acids is 1. The van der Waals surface area contributed by atoms with Gasteiger partial charge in [0.2, 0.25) is 5.91 Å². The Bertz CT molecular complexity index is 639. The maximum absolute atomic E-state index is 11.0. The second-order valence-electron chi connectivity index (χ2n) is 6.44. The van der Waals surface area contributed by atoms with Crippen molar-refractivity contribution in [2.75, 3.05) is 5.32 Å². The number of rotatable bonds is 4. The van der Waals surface area contributed by atoms with Crippen LogP contribution in [-0.4, -0.2) is 5.91 Å². The number of ether oxygens (including phenoxy) is 1. The van der Waals surface area contributed by atoms with Crippen LogP contribution >= 0.6 is 0 Å². The van der Waals surface area contributed by atoms with Gasteiger partial charge in [0.15, 0.2) is 0 Å². The summed E-state index contributed by atoms with van der Waals surface area (Å²) in [5.74, 6) is 0.807. The first-order valence-corrected chi connectivity index (χ1v) is 7.44. The molecule has 2 aromatic rings. The molecule has 0 aliphatic heterocycles. The molecule has 0 atom stereocenters. The van der Waals surface area contributed by atoms with Gasteiger partial charge in [-0.3, -0.25) is 4.79 Å². The standard InChI is InChI=1S/C19H23NO2/c1-14(21)20-17-10-8-15(9-11-17)13-22-18-7-5-6-16(12-18)19(2,3)4/h5-12H,13H2,1-4H3,(H,20,21). The van der Waals surface area contributed by atoms with Gasteiger partial charge in [-0.15, -0.1) is 0 Å². The van der Waals surface area contributed by atoms with Crippen LogP contribution in [0.3, 0.4) is 0 Å². The van der Waals surface area contributed by atoms with Gasteiger partial charge in [-0.2, -0.15) is 0 Å². The number of carbonyl (C=O) groups is 1. The zero-order chi connectivity index (χ0) is 16.2. The van der Waals surface area contributed by atoms with E-state index in [-0.39, 0.29) is 11.3 Å². The highest BCUT2D eigenvalue weighted by atomic mass is 16.5. The summed E-state index contributed by atoms with van der Waals surface area (Å²) in [7, 11) is 0. The first-order valence-electron chi connectivity index (χ1n) is 7.44. The summed E-state index contributed by atoms with van der Waals surface area (Å²) < 4.78 is 5.86. The molecule has 2 aromatic carbocycles. The van der Waals surface area contributed by atoms with Crippen molar-refractivity contribution in [3.8, 4) is 5.75 Å². The molecule has 1 amide bonds. The van der Waals surface area contributed by atoms with Crippen molar-refractivity contribution in [2.45, 2.75) is 39.7 Å². The normalized spacial score (nSPS) is 11.1. The summed E-state index contributed by atoms with van der Waals surface area (Å²) in [5.41, 5.74) is 3.23. The van der Waals surface area contributed by atoms with E-state index in [1.54, 1.807) is 0 Å². The molecule has 0 aliphatic rings. The van der Waals surface area contributed by atoms with Crippen LogP contribution < -0.4 is 10.1 Å². The second-order valence-corrected chi connectivity index (χ2v) is 6.44. The third-order valence-electron chi connectivity index (χ3n) is 3.38. The van der Waals surface area contributed by atoms with Crippen molar-refractivity contribution in [3.63, 3.8) is 0 Å². The first kappa shape index (κ1) is 16.1. The Balaban J connectivity index is 1.99. The highest BCUT2D eigenvalue weighted by Gasteiger charge is 2.13. The molecular weight excluding hydrogens is 274 g/mol. The molecule has 0 unspecified atom stereocenters. The molecule has 116 valence electrons. The van der Waals surface area contributed by atoms with Gasteiger partial charge in [0.05, 0.1) is 0 Å². The van der Waals surface area contributed by atoms with Crippen LogP contribution in [0.5, 0.6) is 5.75 Å². The van der Waals surface area contributed by atoms with Gasteiger partial charge in [0.1, 0.15) is 12.4 Å². The molecule has 0 aliphatic carbocycles. The number of nitrogens with one attached hydrogen (secondary N) is 1. The highest BCUT2D eigenvalue weighted by Crippen LogP contribution is 2.26. The SMILES string of the molecule is CC(=O)Nc1ccc(COc2cccc(C(C)(C)C)c2)cc1. The fourth-order valence-electron chi connectivity index (χ4n) is 2.11. The van der Waals surface area contributed by atoms with Crippen LogP contribution in [0.15, 0.2) is 48.5 Å². The lowest BCUT2D eigenvalue weighted by Crippen LogP contribution is -2.11. The van der Waals surface area contributed by atoms with Crippen molar-refractivity contribution in [3.05, 3.63) is 59.7 Å². The molecule has 0 saturated heterocycles. The molecule has 22 heavy (non-hydrogen) atoms. The summed E-state index contributed by atoms with van der Waals surface area (Å²) in [6.45, 7) is 8.57. The minimum absolute atomic E-state index is 0.0667. The van der Waals surface area contributed by atoms with Gasteiger partial charge < -0.3 is 10.1 Å². The van der Waals surface area contributed by atoms with E-state index in [1.165, 1.54) is 12.5 Å². The quantitative estimate of drug-likeness (QED) is 0.901. The smallest absolute Gasteiger partial charge is 0.221 e. The van der Waals surface area contributed by atoms with Crippen LogP contribution in [-0.2, 0) is 16.8 Å². The van der Waals surface area contributed by atoms with E-state index in [4.69, 9.17) is 4.74 Å². The Hall–Kier alpha value is -2.29. The van der Waals surface area contributed by atoms with Crippen LogP contribution in [0, 0.1) is 0 Å². The van der Waals surface area contributed by atoms with E-state index < -0.39 is 0 Å². The number of hydrogen-bond acceptors (Lipinski definition) is 2. The Kier molecular flexibility index (Phi) is 4.86. The predicted molar refractivity (Wildman–Crippen MR) is 90.2 cm³/mol. The van der Waals surface area contributed by atoms with Crippen LogP contribution in [0.1, 0.15) is 38.8 Å². The molecule has 1 N–H and O–H groups in total. The zero-order valence-electron chi connectivity index (χ0n) is 13.6. The summed E-state index contributed by atoms with van der Waals surface area (Å²) in [5, 5.41) is 2.75. The van der Waals surface area contributed by atoms with Gasteiger partial charge in [-0.05, 0) is 40.8 Å². The fraction of sp³-hybridized carbons (Fsp3) is 0.316. The molecular formula is C19H23NO2. The van der Waals surface area contributed by atoms with Gasteiger partial charge in [-0.25, -0.2) is 0 Å². The highest BCUT2D eigenvalue weighted by molar-refractivity contribution is 5.88. The van der Waals surface area contributed by atoms with Crippen molar-refractivity contribution < 1.29 is 9.53 Å². The van der Waals surface area contributed by atoms with Crippen molar-refractivity contribution >= 4 is 11.6 Å². The number of hydrogen-bond donors (Lipinski definition) is 1. The Morgan fingerprint density at radius 1 is 1.09 bits per heavy atom. The third-order valence-corrected chi connectivity index (χ3v) is 3.38. The van der Waals surface area contributed by atoms with E-state index in [1.807, 2.05) is 36.4 Å². The van der Waals surface area contributed by atoms with Gasteiger partial charge in [-0.1, -0.05) is 45.0 Å². The van der Waals surface area contributed by atoms with E-state index >= 15 is 0 Å². The molecule has 0 radical (unpaired) electrons. The summed E-state index contributed by atoms with van der Waals surface area (Å²) in [4.78, 5) is 11.0. The van der Waals surface area contributed by atoms with Crippen LogP contribution in [0.2, 0.25) is 0 Å². The van der Waals surface area contributed by atoms with Crippen LogP contribution in [0.4, 0.5) is 5.69 Å². The molecule has 3 nitrogen and oxygen atoms in total. The fourth-order valence-corrected chi connectivity index (χ4v) is 2.11. The Labute approximate surface area is 132 Å². The lowest BCUT2D eigenvalue weighted by atomic mass is 9.87. The maximum Gasteiger partial charge on any atom is 0.221 e. The van der Waals surface area contributed by atoms with Crippen LogP contribution in [0.25, 0.3) is 0 Å². The average Bonchev–Trinajstić information content (AvgIpc) is 2.45. The summed E-state index contributed by atoms with van der Waals surface area (Å²) >= 11 is 0.